The normalized spacial score (nSPS) is 17.3. The highest BCUT2D eigenvalue weighted by molar-refractivity contribution is 5.97. The zero-order chi connectivity index (χ0) is 24.5. The summed E-state index contributed by atoms with van der Waals surface area (Å²) in [5, 5.41) is 17.5. The van der Waals surface area contributed by atoms with E-state index in [1.807, 2.05) is 49.1 Å². The van der Waals surface area contributed by atoms with Gasteiger partial charge >= 0.3 is 0 Å². The van der Waals surface area contributed by atoms with Crippen LogP contribution in [0.4, 0.5) is 0 Å². The lowest BCUT2D eigenvalue weighted by molar-refractivity contribution is 0.0712. The second kappa shape index (κ2) is 9.63. The molecule has 0 radical (unpaired) electrons. The minimum Gasteiger partial charge on any atom is -0.339 e. The highest BCUT2D eigenvalue weighted by Gasteiger charge is 2.28. The first-order valence-corrected chi connectivity index (χ1v) is 12.5. The van der Waals surface area contributed by atoms with Crippen LogP contribution < -0.4 is 0 Å². The van der Waals surface area contributed by atoms with Crippen molar-refractivity contribution in [3.8, 4) is 17.5 Å². The predicted octanol–water partition coefficient (Wildman–Crippen LogP) is 4.43. The molecule has 1 aromatic heterocycles. The van der Waals surface area contributed by atoms with Crippen molar-refractivity contribution in [2.45, 2.75) is 46.1 Å². The summed E-state index contributed by atoms with van der Waals surface area (Å²) in [5.74, 6) is 2.73. The molecule has 3 aromatic rings. The first-order valence-electron chi connectivity index (χ1n) is 12.5. The number of hydrogen-bond acceptors (Lipinski definition) is 5. The number of nitrogens with one attached hydrogen (secondary N) is 1. The lowest BCUT2D eigenvalue weighted by atomic mass is 9.88. The molecule has 0 aliphatic carbocycles. The molecular weight excluding hydrogens is 436 g/mol. The molecule has 2 aliphatic heterocycles. The number of nitriles is 1. The van der Waals surface area contributed by atoms with Crippen molar-refractivity contribution in [3.63, 3.8) is 0 Å². The van der Waals surface area contributed by atoms with Gasteiger partial charge in [-0.3, -0.25) is 9.69 Å². The minimum absolute atomic E-state index is 0.0855. The SMILES string of the molecule is Cc1nnc(-c2cc(C(=O)N3CCC(c4ccc(C#N)cc4)CC3)c(C)cc2CN2CC(C)C2)[nH]1. The molecule has 5 rings (SSSR count). The Morgan fingerprint density at radius 3 is 2.43 bits per heavy atom. The Kier molecular flexibility index (Phi) is 6.40. The number of H-pyrrole nitrogens is 1. The number of carbonyl (C=O) groups is 1. The Hall–Kier alpha value is -3.50. The summed E-state index contributed by atoms with van der Waals surface area (Å²) >= 11 is 0. The van der Waals surface area contributed by atoms with Gasteiger partial charge in [0.2, 0.25) is 0 Å². The standard InChI is InChI=1S/C28H32N6O/c1-18-15-33(16-18)17-24-12-19(2)25(13-26(24)27-30-20(3)31-32-27)28(35)34-10-8-23(9-11-34)22-6-4-21(14-29)5-7-22/h4-7,12-13,18,23H,8-11,15-17H2,1-3H3,(H,30,31,32). The maximum absolute atomic E-state index is 13.6. The molecule has 7 nitrogen and oxygen atoms in total. The third-order valence-corrected chi connectivity index (χ3v) is 7.36. The summed E-state index contributed by atoms with van der Waals surface area (Å²) in [7, 11) is 0. The second-order valence-electron chi connectivity index (χ2n) is 10.2. The van der Waals surface area contributed by atoms with E-state index in [2.05, 4.69) is 39.1 Å². The first-order chi connectivity index (χ1) is 16.9. The van der Waals surface area contributed by atoms with Crippen LogP contribution in [0.1, 0.15) is 64.1 Å². The topological polar surface area (TPSA) is 88.9 Å². The summed E-state index contributed by atoms with van der Waals surface area (Å²) in [5.41, 5.74) is 5.83. The summed E-state index contributed by atoms with van der Waals surface area (Å²) in [6.07, 6.45) is 1.85. The molecule has 2 aliphatic rings. The van der Waals surface area contributed by atoms with Crippen molar-refractivity contribution < 1.29 is 4.79 Å². The summed E-state index contributed by atoms with van der Waals surface area (Å²) in [4.78, 5) is 21.3. The van der Waals surface area contributed by atoms with Gasteiger partial charge in [0, 0.05) is 43.9 Å². The Bertz CT molecular complexity index is 1260. The van der Waals surface area contributed by atoms with Crippen LogP contribution in [-0.4, -0.2) is 57.1 Å². The van der Waals surface area contributed by atoms with E-state index in [4.69, 9.17) is 5.26 Å². The van der Waals surface area contributed by atoms with Gasteiger partial charge in [0.05, 0.1) is 11.6 Å². The first kappa shape index (κ1) is 23.3. The third-order valence-electron chi connectivity index (χ3n) is 7.36. The fourth-order valence-electron chi connectivity index (χ4n) is 5.43. The quantitative estimate of drug-likeness (QED) is 0.598. The number of rotatable bonds is 5. The zero-order valence-corrected chi connectivity index (χ0v) is 20.7. The summed E-state index contributed by atoms with van der Waals surface area (Å²) in [6.45, 7) is 10.7. The maximum atomic E-state index is 13.6. The highest BCUT2D eigenvalue weighted by atomic mass is 16.2. The number of nitrogens with zero attached hydrogens (tertiary/aromatic N) is 5. The molecule has 2 aromatic carbocycles. The van der Waals surface area contributed by atoms with E-state index >= 15 is 0 Å². The predicted molar refractivity (Wildman–Crippen MR) is 135 cm³/mol. The van der Waals surface area contributed by atoms with Crippen molar-refractivity contribution >= 4 is 5.91 Å². The highest BCUT2D eigenvalue weighted by Crippen LogP contribution is 2.32. The molecule has 0 unspecified atom stereocenters. The Balaban J connectivity index is 1.35. The lowest BCUT2D eigenvalue weighted by Gasteiger charge is -2.37. The fourth-order valence-corrected chi connectivity index (χ4v) is 5.43. The van der Waals surface area contributed by atoms with Crippen molar-refractivity contribution in [2.24, 2.45) is 5.92 Å². The number of aromatic amines is 1. The second-order valence-corrected chi connectivity index (χ2v) is 10.2. The number of likely N-dealkylation sites (tertiary alicyclic amines) is 2. The lowest BCUT2D eigenvalue weighted by Crippen LogP contribution is -2.44. The number of benzene rings is 2. The minimum atomic E-state index is 0.0855. The average molecular weight is 469 g/mol. The Morgan fingerprint density at radius 2 is 1.83 bits per heavy atom. The Morgan fingerprint density at radius 1 is 1.11 bits per heavy atom. The largest absolute Gasteiger partial charge is 0.339 e. The number of aromatic nitrogens is 3. The molecule has 0 atom stereocenters. The van der Waals surface area contributed by atoms with Crippen LogP contribution in [0.5, 0.6) is 0 Å². The van der Waals surface area contributed by atoms with E-state index in [0.29, 0.717) is 11.5 Å². The number of hydrogen-bond donors (Lipinski definition) is 1. The van der Waals surface area contributed by atoms with Crippen LogP contribution in [0.2, 0.25) is 0 Å². The average Bonchev–Trinajstić information content (AvgIpc) is 3.29. The van der Waals surface area contributed by atoms with Gasteiger partial charge in [-0.25, -0.2) is 0 Å². The molecule has 0 spiro atoms. The smallest absolute Gasteiger partial charge is 0.254 e. The van der Waals surface area contributed by atoms with Crippen LogP contribution in [0, 0.1) is 31.1 Å². The van der Waals surface area contributed by atoms with Gasteiger partial charge in [-0.05, 0) is 73.4 Å². The van der Waals surface area contributed by atoms with E-state index in [0.717, 1.165) is 79.8 Å². The van der Waals surface area contributed by atoms with Gasteiger partial charge in [0.1, 0.15) is 5.82 Å². The maximum Gasteiger partial charge on any atom is 0.254 e. The van der Waals surface area contributed by atoms with Gasteiger partial charge < -0.3 is 9.88 Å². The molecule has 3 heterocycles. The van der Waals surface area contributed by atoms with Crippen molar-refractivity contribution in [2.75, 3.05) is 26.2 Å². The van der Waals surface area contributed by atoms with E-state index in [9.17, 15) is 4.79 Å². The Labute approximate surface area is 206 Å². The molecule has 35 heavy (non-hydrogen) atoms. The van der Waals surface area contributed by atoms with Gasteiger partial charge in [-0.15, -0.1) is 10.2 Å². The number of aryl methyl sites for hydroxylation is 2. The fraction of sp³-hybridized carbons (Fsp3) is 0.429. The van der Waals surface area contributed by atoms with Gasteiger partial charge in [-0.2, -0.15) is 5.26 Å². The van der Waals surface area contributed by atoms with Crippen LogP contribution in [0.25, 0.3) is 11.4 Å². The zero-order valence-electron chi connectivity index (χ0n) is 20.7. The van der Waals surface area contributed by atoms with Gasteiger partial charge in [0.15, 0.2) is 5.82 Å². The van der Waals surface area contributed by atoms with Crippen LogP contribution in [0.15, 0.2) is 36.4 Å². The molecule has 1 amide bonds. The van der Waals surface area contributed by atoms with E-state index in [-0.39, 0.29) is 5.91 Å². The molecule has 2 saturated heterocycles. The van der Waals surface area contributed by atoms with E-state index < -0.39 is 0 Å². The molecular formula is C28H32N6O. The van der Waals surface area contributed by atoms with Crippen LogP contribution >= 0.6 is 0 Å². The van der Waals surface area contributed by atoms with Crippen LogP contribution in [0.3, 0.4) is 0 Å². The van der Waals surface area contributed by atoms with Crippen molar-refractivity contribution in [1.82, 2.24) is 25.0 Å². The molecule has 180 valence electrons. The molecule has 1 N–H and O–H groups in total. The third kappa shape index (κ3) is 4.85. The van der Waals surface area contributed by atoms with Gasteiger partial charge in [-0.1, -0.05) is 25.1 Å². The molecule has 0 saturated carbocycles. The molecule has 2 fully saturated rings. The van der Waals surface area contributed by atoms with Crippen molar-refractivity contribution in [3.05, 3.63) is 70.0 Å². The van der Waals surface area contributed by atoms with E-state index in [1.54, 1.807) is 0 Å². The molecule has 0 bridgehead atoms. The summed E-state index contributed by atoms with van der Waals surface area (Å²) < 4.78 is 0. The number of piperidine rings is 1. The summed E-state index contributed by atoms with van der Waals surface area (Å²) in [6, 6.07) is 14.2. The van der Waals surface area contributed by atoms with E-state index in [1.165, 1.54) is 11.1 Å². The van der Waals surface area contributed by atoms with Gasteiger partial charge in [0.25, 0.3) is 5.91 Å². The number of carbonyl (C=O) groups excluding carboxylic acids is 1. The monoisotopic (exact) mass is 468 g/mol. The van der Waals surface area contributed by atoms with Crippen LogP contribution in [-0.2, 0) is 6.54 Å². The number of amides is 1. The van der Waals surface area contributed by atoms with Crippen molar-refractivity contribution in [1.29, 1.82) is 5.26 Å². The molecule has 7 heteroatoms.